The van der Waals surface area contributed by atoms with Gasteiger partial charge in [0.25, 0.3) is 11.8 Å². The summed E-state index contributed by atoms with van der Waals surface area (Å²) in [4.78, 5) is 40.3. The second-order valence-corrected chi connectivity index (χ2v) is 17.4. The summed E-state index contributed by atoms with van der Waals surface area (Å²) in [6.45, 7) is 0.643. The monoisotopic (exact) mass is 893 g/mol. The number of thioether (sulfide) groups is 1. The Morgan fingerprint density at radius 3 is 1.95 bits per heavy atom. The van der Waals surface area contributed by atoms with Crippen LogP contribution in [0.15, 0.2) is 173 Å². The number of rotatable bonds is 15. The Morgan fingerprint density at radius 1 is 0.873 bits per heavy atom. The van der Waals surface area contributed by atoms with E-state index in [9.17, 15) is 9.59 Å². The number of fused-ring (bicyclic) bond motifs is 1. The largest absolute Gasteiger partial charge is 0.469 e. The molecule has 5 aromatic carbocycles. The van der Waals surface area contributed by atoms with Crippen molar-refractivity contribution in [3.8, 4) is 0 Å². The zero-order chi connectivity index (χ0) is 43.2. The molecular formula is C49H43N5O6S3. The van der Waals surface area contributed by atoms with Gasteiger partial charge in [0.1, 0.15) is 42.7 Å². The molecule has 6 aromatic rings. The molecule has 318 valence electrons. The van der Waals surface area contributed by atoms with Gasteiger partial charge in [0.15, 0.2) is 10.8 Å². The number of oxime groups is 1. The van der Waals surface area contributed by atoms with Crippen LogP contribution in [0.5, 0.6) is 0 Å². The van der Waals surface area contributed by atoms with E-state index in [0.29, 0.717) is 29.6 Å². The fourth-order valence-electron chi connectivity index (χ4n) is 8.23. The molecule has 63 heavy (non-hydrogen) atoms. The van der Waals surface area contributed by atoms with Crippen LogP contribution < -0.4 is 10.6 Å². The molecule has 14 heteroatoms. The number of nitrogens with zero attached hydrogens (tertiary/aromatic N) is 3. The van der Waals surface area contributed by atoms with Crippen LogP contribution in [-0.4, -0.2) is 76.2 Å². The molecule has 3 atom stereocenters. The first-order valence-electron chi connectivity index (χ1n) is 20.4. The second-order valence-electron chi connectivity index (χ2n) is 15.0. The molecule has 11 nitrogen and oxygen atoms in total. The number of carbonyl (C=O) groups excluding carboxylic acids is 2. The summed E-state index contributed by atoms with van der Waals surface area (Å²) >= 11 is 8.97. The van der Waals surface area contributed by atoms with Crippen LogP contribution in [0.1, 0.15) is 46.0 Å². The lowest BCUT2D eigenvalue weighted by Crippen LogP contribution is -2.71. The Labute approximate surface area is 379 Å². The molecule has 4 heterocycles. The standard InChI is InChI=1S/C49H43N5O6S3/c1-57-53-40(39-30-63-48(50-39)52-49(35-21-11-4-12-22-35,36-23-13-5-14-24-36)37-25-15-6-16-26-37)44(55)51-41-45(56)54-42(34(29-62-46(41)54)27-38-28-58-31-59-38)47(61)60-43(32-17-7-2-8-18-32)33-19-9-3-10-20-33/h2-26,30,38,41,43,46H,27-29,31H2,1H3,(H,50,52)(H,51,55)/b53-40-/t38?,41?,46-/m1/s1. The summed E-state index contributed by atoms with van der Waals surface area (Å²) < 4.78 is 18.0. The highest BCUT2D eigenvalue weighted by atomic mass is 32.2. The number of amides is 2. The summed E-state index contributed by atoms with van der Waals surface area (Å²) in [5.74, 6) is -0.394. The predicted octanol–water partition coefficient (Wildman–Crippen LogP) is 8.45. The zero-order valence-corrected chi connectivity index (χ0v) is 36.6. The lowest BCUT2D eigenvalue weighted by atomic mass is 9.77. The van der Waals surface area contributed by atoms with E-state index < -0.39 is 29.0 Å². The Hall–Kier alpha value is -6.16. The summed E-state index contributed by atoms with van der Waals surface area (Å²) in [7, 11) is 1.37. The molecule has 2 unspecified atom stereocenters. The first-order valence-corrected chi connectivity index (χ1v) is 22.8. The number of thiazole rings is 1. The van der Waals surface area contributed by atoms with Crippen molar-refractivity contribution in [3.63, 3.8) is 0 Å². The van der Waals surface area contributed by atoms with Crippen molar-refractivity contribution in [2.45, 2.75) is 35.6 Å². The minimum atomic E-state index is -0.882. The minimum absolute atomic E-state index is 0.0687. The van der Waals surface area contributed by atoms with E-state index in [1.807, 2.05) is 115 Å². The number of carbonyl (C=O) groups is 2. The Balaban J connectivity index is 0.976. The van der Waals surface area contributed by atoms with Crippen molar-refractivity contribution >= 4 is 63.0 Å². The quantitative estimate of drug-likeness (QED) is 0.0342. The molecule has 0 saturated carbocycles. The van der Waals surface area contributed by atoms with E-state index in [4.69, 9.17) is 36.3 Å². The molecule has 0 spiro atoms. The minimum Gasteiger partial charge on any atom is -0.469 e. The number of benzene rings is 5. The maximum absolute atomic E-state index is 14.3. The maximum atomic E-state index is 14.3. The molecular weight excluding hydrogens is 851 g/mol. The van der Waals surface area contributed by atoms with Crippen LogP contribution in [0, 0.1) is 0 Å². The van der Waals surface area contributed by atoms with Crippen molar-refractivity contribution in [1.82, 2.24) is 15.2 Å². The molecule has 2 fully saturated rings. The average molecular weight is 894 g/mol. The van der Waals surface area contributed by atoms with Crippen LogP contribution in [-0.2, 0) is 34.2 Å². The molecule has 9 rings (SSSR count). The van der Waals surface area contributed by atoms with Crippen molar-refractivity contribution in [3.05, 3.63) is 202 Å². The van der Waals surface area contributed by atoms with Gasteiger partial charge < -0.3 is 29.7 Å². The molecule has 1 aromatic heterocycles. The first-order chi connectivity index (χ1) is 30.9. The van der Waals surface area contributed by atoms with Gasteiger partial charge in [-0.25, -0.2) is 4.98 Å². The first kappa shape index (κ1) is 42.2. The number of β-lactam (4-membered cyclic amide) rings is 1. The Bertz CT molecular complexity index is 2470. The predicted molar refractivity (Wildman–Crippen MR) is 249 cm³/mol. The highest BCUT2D eigenvalue weighted by Crippen LogP contribution is 2.44. The molecule has 2 amide bonds. The van der Waals surface area contributed by atoms with Crippen molar-refractivity contribution in [1.29, 1.82) is 0 Å². The van der Waals surface area contributed by atoms with E-state index >= 15 is 0 Å². The third kappa shape index (κ3) is 8.64. The Morgan fingerprint density at radius 2 is 1.43 bits per heavy atom. The SMILES string of the molecule is CO/N=C(\C(=O)NC1C(=O)N2C(C(=S)OC(c3ccccc3)c3ccccc3)=C(CC3COCO3)CS[C@H]12)c1csc(NC(c2ccccc2)(c2ccccc2)c2ccccc2)n1. The fraction of sp³-hybridized carbons (Fsp3) is 0.204. The number of thiocarbonyl (C=S) groups is 1. The van der Waals surface area contributed by atoms with Crippen molar-refractivity contribution in [2.75, 3.05) is 31.6 Å². The van der Waals surface area contributed by atoms with Gasteiger partial charge >= 0.3 is 0 Å². The van der Waals surface area contributed by atoms with Crippen LogP contribution in [0.4, 0.5) is 5.13 Å². The number of nitrogens with one attached hydrogen (secondary N) is 2. The summed E-state index contributed by atoms with van der Waals surface area (Å²) in [6.07, 6.45) is -0.210. The molecule has 0 aliphatic carbocycles. The molecule has 3 aliphatic heterocycles. The third-order valence-corrected chi connectivity index (χ3v) is 13.6. The molecule has 0 radical (unpaired) electrons. The van der Waals surface area contributed by atoms with E-state index in [2.05, 4.69) is 52.2 Å². The van der Waals surface area contributed by atoms with Crippen LogP contribution in [0.25, 0.3) is 0 Å². The molecule has 2 saturated heterocycles. The van der Waals surface area contributed by atoms with Crippen molar-refractivity contribution in [2.24, 2.45) is 5.16 Å². The van der Waals surface area contributed by atoms with Crippen LogP contribution >= 0.6 is 35.3 Å². The summed E-state index contributed by atoms with van der Waals surface area (Å²) in [5, 5.41) is 12.9. The second kappa shape index (κ2) is 19.1. The number of anilines is 1. The van der Waals surface area contributed by atoms with Gasteiger partial charge in [-0.1, -0.05) is 157 Å². The number of aromatic nitrogens is 1. The summed E-state index contributed by atoms with van der Waals surface area (Å²) in [6, 6.07) is 49.3. The average Bonchev–Trinajstić information content (AvgIpc) is 4.04. The lowest BCUT2D eigenvalue weighted by molar-refractivity contribution is -0.144. The van der Waals surface area contributed by atoms with Gasteiger partial charge in [-0.05, 0) is 45.6 Å². The Kier molecular flexibility index (Phi) is 12.8. The highest BCUT2D eigenvalue weighted by Gasteiger charge is 2.54. The van der Waals surface area contributed by atoms with E-state index in [-0.39, 0.29) is 35.3 Å². The van der Waals surface area contributed by atoms with Gasteiger partial charge in [-0.2, -0.15) is 0 Å². The molecule has 2 N–H and O–H groups in total. The van der Waals surface area contributed by atoms with E-state index in [1.54, 1.807) is 22.0 Å². The fourth-order valence-corrected chi connectivity index (χ4v) is 10.7. The number of hydrogen-bond acceptors (Lipinski definition) is 12. The van der Waals surface area contributed by atoms with E-state index in [0.717, 1.165) is 33.4 Å². The lowest BCUT2D eigenvalue weighted by Gasteiger charge is -2.50. The third-order valence-electron chi connectivity index (χ3n) is 11.2. The smallest absolute Gasteiger partial charge is 0.276 e. The van der Waals surface area contributed by atoms with Gasteiger partial charge in [-0.15, -0.1) is 23.1 Å². The molecule has 3 aliphatic rings. The summed E-state index contributed by atoms with van der Waals surface area (Å²) in [5.41, 5.74) is 5.65. The number of ether oxygens (including phenoxy) is 3. The van der Waals surface area contributed by atoms with Crippen molar-refractivity contribution < 1.29 is 28.6 Å². The highest BCUT2D eigenvalue weighted by molar-refractivity contribution is 8.00. The van der Waals surface area contributed by atoms with Crippen LogP contribution in [0.2, 0.25) is 0 Å². The number of hydrogen-bond donors (Lipinski definition) is 2. The van der Waals surface area contributed by atoms with E-state index in [1.165, 1.54) is 18.4 Å². The van der Waals surface area contributed by atoms with Gasteiger partial charge in [0.05, 0.1) is 18.4 Å². The van der Waals surface area contributed by atoms with Crippen LogP contribution in [0.3, 0.4) is 0 Å². The van der Waals surface area contributed by atoms with Gasteiger partial charge in [0.2, 0.25) is 5.05 Å². The van der Waals surface area contributed by atoms with Gasteiger partial charge in [0, 0.05) is 17.6 Å². The zero-order valence-electron chi connectivity index (χ0n) is 34.2. The molecule has 0 bridgehead atoms. The topological polar surface area (TPSA) is 124 Å². The normalized spacial score (nSPS) is 18.7. The maximum Gasteiger partial charge on any atom is 0.276 e. The van der Waals surface area contributed by atoms with Gasteiger partial charge in [-0.3, -0.25) is 14.5 Å².